The summed E-state index contributed by atoms with van der Waals surface area (Å²) in [6.45, 7) is 5.11. The van der Waals surface area contributed by atoms with E-state index in [9.17, 15) is 0 Å². The van der Waals surface area contributed by atoms with Crippen LogP contribution >= 0.6 is 11.6 Å². The lowest BCUT2D eigenvalue weighted by atomic mass is 10.1. The summed E-state index contributed by atoms with van der Waals surface area (Å²) in [5.41, 5.74) is 3.29. The Morgan fingerprint density at radius 3 is 2.80 bits per heavy atom. The SMILES string of the molecule is CC(C)c1ccn(-c2cccc(Cl)c2CNC2CC2)n1. The van der Waals surface area contributed by atoms with Crippen LogP contribution in [-0.4, -0.2) is 15.8 Å². The molecule has 0 radical (unpaired) electrons. The zero-order chi connectivity index (χ0) is 14.1. The smallest absolute Gasteiger partial charge is 0.0705 e. The molecule has 0 atom stereocenters. The Bertz CT molecular complexity index is 600. The first-order chi connectivity index (χ1) is 9.65. The number of halogens is 1. The lowest BCUT2D eigenvalue weighted by Gasteiger charge is -2.12. The maximum Gasteiger partial charge on any atom is 0.0705 e. The summed E-state index contributed by atoms with van der Waals surface area (Å²) in [7, 11) is 0. The van der Waals surface area contributed by atoms with Crippen molar-refractivity contribution in [3.8, 4) is 5.69 Å². The summed E-state index contributed by atoms with van der Waals surface area (Å²) in [4.78, 5) is 0. The second-order valence-corrected chi connectivity index (χ2v) is 6.14. The van der Waals surface area contributed by atoms with E-state index in [1.165, 1.54) is 12.8 Å². The molecule has 1 N–H and O–H groups in total. The number of nitrogens with one attached hydrogen (secondary N) is 1. The Morgan fingerprint density at radius 2 is 2.15 bits per heavy atom. The minimum absolute atomic E-state index is 0.434. The van der Waals surface area contributed by atoms with E-state index in [0.717, 1.165) is 28.5 Å². The van der Waals surface area contributed by atoms with Crippen molar-refractivity contribution in [3.05, 3.63) is 46.7 Å². The number of hydrogen-bond acceptors (Lipinski definition) is 2. The van der Waals surface area contributed by atoms with E-state index >= 15 is 0 Å². The summed E-state index contributed by atoms with van der Waals surface area (Å²) >= 11 is 6.37. The monoisotopic (exact) mass is 289 g/mol. The maximum atomic E-state index is 6.37. The van der Waals surface area contributed by atoms with Crippen LogP contribution in [0.5, 0.6) is 0 Å². The van der Waals surface area contributed by atoms with Gasteiger partial charge in [-0.2, -0.15) is 5.10 Å². The van der Waals surface area contributed by atoms with Crippen molar-refractivity contribution in [2.24, 2.45) is 0 Å². The number of rotatable bonds is 5. The van der Waals surface area contributed by atoms with E-state index in [4.69, 9.17) is 11.6 Å². The molecule has 0 aliphatic heterocycles. The summed E-state index contributed by atoms with van der Waals surface area (Å²) in [5.74, 6) is 0.434. The molecule has 20 heavy (non-hydrogen) atoms. The van der Waals surface area contributed by atoms with Crippen LogP contribution in [0.4, 0.5) is 0 Å². The second kappa shape index (κ2) is 5.58. The van der Waals surface area contributed by atoms with E-state index < -0.39 is 0 Å². The van der Waals surface area contributed by atoms with Gasteiger partial charge in [-0.05, 0) is 37.0 Å². The van der Waals surface area contributed by atoms with Crippen LogP contribution in [0.15, 0.2) is 30.5 Å². The highest BCUT2D eigenvalue weighted by Gasteiger charge is 2.21. The zero-order valence-electron chi connectivity index (χ0n) is 11.9. The molecule has 1 saturated carbocycles. The molecular formula is C16H20ClN3. The van der Waals surface area contributed by atoms with Crippen molar-refractivity contribution in [1.29, 1.82) is 0 Å². The normalized spacial score (nSPS) is 15.0. The summed E-state index contributed by atoms with van der Waals surface area (Å²) < 4.78 is 1.94. The van der Waals surface area contributed by atoms with Gasteiger partial charge in [-0.25, -0.2) is 4.68 Å². The van der Waals surface area contributed by atoms with Crippen LogP contribution in [0.1, 0.15) is 43.9 Å². The Labute approximate surface area is 124 Å². The van der Waals surface area contributed by atoms with Gasteiger partial charge in [0.05, 0.1) is 11.4 Å². The lowest BCUT2D eigenvalue weighted by Crippen LogP contribution is -2.17. The van der Waals surface area contributed by atoms with Crippen molar-refractivity contribution in [2.75, 3.05) is 0 Å². The number of hydrogen-bond donors (Lipinski definition) is 1. The second-order valence-electron chi connectivity index (χ2n) is 5.73. The molecule has 0 saturated heterocycles. The molecule has 0 bridgehead atoms. The van der Waals surface area contributed by atoms with Gasteiger partial charge >= 0.3 is 0 Å². The van der Waals surface area contributed by atoms with Crippen LogP contribution in [0, 0.1) is 0 Å². The predicted molar refractivity (Wildman–Crippen MR) is 82.5 cm³/mol. The molecule has 0 amide bonds. The van der Waals surface area contributed by atoms with E-state index in [1.54, 1.807) is 0 Å². The van der Waals surface area contributed by atoms with Crippen LogP contribution < -0.4 is 5.32 Å². The molecule has 1 fully saturated rings. The molecular weight excluding hydrogens is 270 g/mol. The average Bonchev–Trinajstić information content (AvgIpc) is 3.11. The third-order valence-electron chi connectivity index (χ3n) is 3.69. The first-order valence-electron chi connectivity index (χ1n) is 7.22. The van der Waals surface area contributed by atoms with Crippen molar-refractivity contribution >= 4 is 11.6 Å². The van der Waals surface area contributed by atoms with Gasteiger partial charge in [-0.15, -0.1) is 0 Å². The van der Waals surface area contributed by atoms with Crippen LogP contribution in [-0.2, 0) is 6.54 Å². The summed E-state index contributed by atoms with van der Waals surface area (Å²) in [6, 6.07) is 8.75. The molecule has 3 nitrogen and oxygen atoms in total. The molecule has 1 aromatic carbocycles. The van der Waals surface area contributed by atoms with Crippen molar-refractivity contribution in [2.45, 2.75) is 45.2 Å². The molecule has 0 spiro atoms. The Morgan fingerprint density at radius 1 is 1.35 bits per heavy atom. The molecule has 0 unspecified atom stereocenters. The van der Waals surface area contributed by atoms with Gasteiger partial charge in [0.15, 0.2) is 0 Å². The minimum Gasteiger partial charge on any atom is -0.310 e. The van der Waals surface area contributed by atoms with Crippen molar-refractivity contribution < 1.29 is 0 Å². The van der Waals surface area contributed by atoms with E-state index in [0.29, 0.717) is 12.0 Å². The number of benzene rings is 1. The molecule has 1 aromatic heterocycles. The highest BCUT2D eigenvalue weighted by Crippen LogP contribution is 2.26. The third kappa shape index (κ3) is 2.89. The molecule has 1 aliphatic carbocycles. The van der Waals surface area contributed by atoms with E-state index in [2.05, 4.69) is 36.4 Å². The molecule has 4 heteroatoms. The van der Waals surface area contributed by atoms with Crippen LogP contribution in [0.3, 0.4) is 0 Å². The predicted octanol–water partition coefficient (Wildman–Crippen LogP) is 3.90. The highest BCUT2D eigenvalue weighted by molar-refractivity contribution is 6.31. The topological polar surface area (TPSA) is 29.9 Å². The van der Waals surface area contributed by atoms with Crippen LogP contribution in [0.25, 0.3) is 5.69 Å². The number of nitrogens with zero attached hydrogens (tertiary/aromatic N) is 2. The van der Waals surface area contributed by atoms with Gasteiger partial charge in [-0.1, -0.05) is 31.5 Å². The van der Waals surface area contributed by atoms with E-state index in [1.807, 2.05) is 23.0 Å². The fourth-order valence-electron chi connectivity index (χ4n) is 2.25. The van der Waals surface area contributed by atoms with E-state index in [-0.39, 0.29) is 0 Å². The van der Waals surface area contributed by atoms with Crippen molar-refractivity contribution in [3.63, 3.8) is 0 Å². The largest absolute Gasteiger partial charge is 0.310 e. The molecule has 1 heterocycles. The van der Waals surface area contributed by atoms with Gasteiger partial charge in [0.2, 0.25) is 0 Å². The van der Waals surface area contributed by atoms with Gasteiger partial charge in [-0.3, -0.25) is 0 Å². The molecule has 106 valence electrons. The standard InChI is InChI=1S/C16H20ClN3/c1-11(2)15-8-9-20(19-15)16-5-3-4-14(17)13(16)10-18-12-6-7-12/h3-5,8-9,11-12,18H,6-7,10H2,1-2H3. The Balaban J connectivity index is 1.91. The molecule has 3 rings (SSSR count). The van der Waals surface area contributed by atoms with Gasteiger partial charge < -0.3 is 5.32 Å². The lowest BCUT2D eigenvalue weighted by molar-refractivity contribution is 0.679. The Hall–Kier alpha value is -1.32. The number of aromatic nitrogens is 2. The Kier molecular flexibility index (Phi) is 3.81. The first-order valence-corrected chi connectivity index (χ1v) is 7.59. The van der Waals surface area contributed by atoms with Gasteiger partial charge in [0, 0.05) is 29.4 Å². The maximum absolute atomic E-state index is 6.37. The van der Waals surface area contributed by atoms with Gasteiger partial charge in [0.25, 0.3) is 0 Å². The zero-order valence-corrected chi connectivity index (χ0v) is 12.7. The molecule has 1 aliphatic rings. The highest BCUT2D eigenvalue weighted by atomic mass is 35.5. The summed E-state index contributed by atoms with van der Waals surface area (Å²) in [6.07, 6.45) is 4.57. The average molecular weight is 290 g/mol. The van der Waals surface area contributed by atoms with Crippen LogP contribution in [0.2, 0.25) is 5.02 Å². The van der Waals surface area contributed by atoms with Crippen molar-refractivity contribution in [1.82, 2.24) is 15.1 Å². The fraction of sp³-hybridized carbons (Fsp3) is 0.438. The molecule has 2 aromatic rings. The third-order valence-corrected chi connectivity index (χ3v) is 4.04. The minimum atomic E-state index is 0.434. The first kappa shape index (κ1) is 13.7. The quantitative estimate of drug-likeness (QED) is 0.905. The van der Waals surface area contributed by atoms with Gasteiger partial charge in [0.1, 0.15) is 0 Å². The summed E-state index contributed by atoms with van der Waals surface area (Å²) in [5, 5.41) is 8.99. The fourth-order valence-corrected chi connectivity index (χ4v) is 2.49.